The highest BCUT2D eigenvalue weighted by Gasteiger charge is 2.40. The van der Waals surface area contributed by atoms with E-state index in [0.29, 0.717) is 23.3 Å². The van der Waals surface area contributed by atoms with Crippen molar-refractivity contribution in [2.45, 2.75) is 51.0 Å². The molecular formula is C27H29F7N2O3. The summed E-state index contributed by atoms with van der Waals surface area (Å²) in [4.78, 5) is 28.0. The summed E-state index contributed by atoms with van der Waals surface area (Å²) in [5, 5.41) is 9.46. The normalized spacial score (nSPS) is 19.5. The van der Waals surface area contributed by atoms with E-state index in [1.807, 2.05) is 0 Å². The number of carboxylic acid groups (broad SMARTS) is 1. The van der Waals surface area contributed by atoms with Crippen LogP contribution in [0.3, 0.4) is 0 Å². The van der Waals surface area contributed by atoms with Gasteiger partial charge >= 0.3 is 18.3 Å². The minimum Gasteiger partial charge on any atom is -0.480 e. The molecule has 5 nitrogen and oxygen atoms in total. The number of carboxylic acids is 1. The number of likely N-dealkylation sites (N-methyl/N-ethyl adjacent to an activating group) is 1. The van der Waals surface area contributed by atoms with Crippen LogP contribution in [0, 0.1) is 18.7 Å². The third-order valence-electron chi connectivity index (χ3n) is 7.26. The Morgan fingerprint density at radius 3 is 2.15 bits per heavy atom. The van der Waals surface area contributed by atoms with Crippen LogP contribution in [-0.2, 0) is 28.4 Å². The number of alkyl halides is 6. The Labute approximate surface area is 221 Å². The molecule has 214 valence electrons. The number of hydrogen-bond acceptors (Lipinski definition) is 3. The van der Waals surface area contributed by atoms with Gasteiger partial charge < -0.3 is 10.0 Å². The molecule has 3 atom stereocenters. The van der Waals surface area contributed by atoms with Gasteiger partial charge in [-0.3, -0.25) is 14.5 Å². The molecule has 3 rings (SSSR count). The third-order valence-corrected chi connectivity index (χ3v) is 7.26. The monoisotopic (exact) mass is 562 g/mol. The van der Waals surface area contributed by atoms with E-state index in [9.17, 15) is 45.4 Å². The predicted molar refractivity (Wildman–Crippen MR) is 128 cm³/mol. The van der Waals surface area contributed by atoms with Gasteiger partial charge in [0.05, 0.1) is 11.1 Å². The molecule has 1 unspecified atom stereocenters. The van der Waals surface area contributed by atoms with E-state index in [1.54, 1.807) is 17.9 Å². The summed E-state index contributed by atoms with van der Waals surface area (Å²) in [7, 11) is 1.42. The van der Waals surface area contributed by atoms with Gasteiger partial charge in [0, 0.05) is 32.0 Å². The van der Waals surface area contributed by atoms with E-state index in [-0.39, 0.29) is 50.0 Å². The summed E-state index contributed by atoms with van der Waals surface area (Å²) in [5.41, 5.74) is -1.82. The second-order valence-corrected chi connectivity index (χ2v) is 9.94. The SMILES string of the molecule is Cc1cc(F)ccc1[C@H]1CN(C(C)C(=O)O)CC[C@H]1C(=O)N(C)CCc1cc(C(F)(F)F)cc(C(F)(F)F)c1. The van der Waals surface area contributed by atoms with Crippen LogP contribution in [-0.4, -0.2) is 59.5 Å². The van der Waals surface area contributed by atoms with E-state index >= 15 is 0 Å². The first-order valence-corrected chi connectivity index (χ1v) is 12.2. The number of nitrogens with zero attached hydrogens (tertiary/aromatic N) is 2. The van der Waals surface area contributed by atoms with Crippen molar-refractivity contribution in [3.8, 4) is 0 Å². The van der Waals surface area contributed by atoms with E-state index in [1.165, 1.54) is 31.0 Å². The summed E-state index contributed by atoms with van der Waals surface area (Å²) in [6.45, 7) is 3.55. The fourth-order valence-corrected chi connectivity index (χ4v) is 5.00. The molecule has 2 aromatic rings. The minimum absolute atomic E-state index is 0.0554. The molecule has 39 heavy (non-hydrogen) atoms. The minimum atomic E-state index is -4.97. The van der Waals surface area contributed by atoms with Crippen LogP contribution in [0.4, 0.5) is 30.7 Å². The van der Waals surface area contributed by atoms with Gasteiger partial charge in [0.25, 0.3) is 0 Å². The molecule has 12 heteroatoms. The van der Waals surface area contributed by atoms with Crippen LogP contribution in [0.1, 0.15) is 47.1 Å². The smallest absolute Gasteiger partial charge is 0.416 e. The fourth-order valence-electron chi connectivity index (χ4n) is 5.00. The molecule has 0 aliphatic carbocycles. The van der Waals surface area contributed by atoms with Crippen LogP contribution < -0.4 is 0 Å². The maximum atomic E-state index is 13.8. The Balaban J connectivity index is 1.84. The van der Waals surface area contributed by atoms with Crippen molar-refractivity contribution in [3.63, 3.8) is 0 Å². The van der Waals surface area contributed by atoms with Crippen molar-refractivity contribution in [1.29, 1.82) is 0 Å². The highest BCUT2D eigenvalue weighted by Crippen LogP contribution is 2.38. The van der Waals surface area contributed by atoms with Crippen LogP contribution >= 0.6 is 0 Å². The van der Waals surface area contributed by atoms with Gasteiger partial charge in [0.2, 0.25) is 5.91 Å². The average Bonchev–Trinajstić information content (AvgIpc) is 2.84. The van der Waals surface area contributed by atoms with Gasteiger partial charge in [-0.05, 0) is 80.3 Å². The van der Waals surface area contributed by atoms with E-state index < -0.39 is 53.1 Å². The molecule has 1 amide bonds. The Hall–Kier alpha value is -3.15. The first-order valence-electron chi connectivity index (χ1n) is 12.2. The van der Waals surface area contributed by atoms with Crippen molar-refractivity contribution in [3.05, 3.63) is 70.0 Å². The standard InChI is InChI=1S/C27H29F7N2O3/c1-15-10-20(28)4-5-21(15)23-14-36(16(2)25(38)39)9-7-22(23)24(37)35(3)8-6-17-11-18(26(29,30)31)13-19(12-17)27(32,33)34/h4-5,10-13,16,22-23H,6-9,14H2,1-3H3,(H,38,39)/t16?,22-,23-/m1/s1. The number of carbonyl (C=O) groups excluding carboxylic acids is 1. The zero-order valence-corrected chi connectivity index (χ0v) is 21.5. The van der Waals surface area contributed by atoms with E-state index in [0.717, 1.165) is 0 Å². The van der Waals surface area contributed by atoms with Gasteiger partial charge in [0.1, 0.15) is 11.9 Å². The molecule has 0 saturated carbocycles. The molecular weight excluding hydrogens is 533 g/mol. The van der Waals surface area contributed by atoms with Gasteiger partial charge in [-0.25, -0.2) is 4.39 Å². The molecule has 1 N–H and O–H groups in total. The number of carbonyl (C=O) groups is 2. The molecule has 1 heterocycles. The predicted octanol–water partition coefficient (Wildman–Crippen LogP) is 5.75. The average molecular weight is 563 g/mol. The van der Waals surface area contributed by atoms with Crippen LogP contribution in [0.2, 0.25) is 0 Å². The Morgan fingerprint density at radius 1 is 1.05 bits per heavy atom. The van der Waals surface area contributed by atoms with Gasteiger partial charge in [-0.1, -0.05) is 6.07 Å². The highest BCUT2D eigenvalue weighted by atomic mass is 19.4. The van der Waals surface area contributed by atoms with Crippen LogP contribution in [0.5, 0.6) is 0 Å². The van der Waals surface area contributed by atoms with Gasteiger partial charge in [0.15, 0.2) is 0 Å². The number of likely N-dealkylation sites (tertiary alicyclic amines) is 1. The lowest BCUT2D eigenvalue weighted by atomic mass is 9.78. The lowest BCUT2D eigenvalue weighted by molar-refractivity contribution is -0.145. The number of rotatable bonds is 7. The summed E-state index contributed by atoms with van der Waals surface area (Å²) in [6.07, 6.45) is -9.92. The first kappa shape index (κ1) is 30.4. The lowest BCUT2D eigenvalue weighted by Crippen LogP contribution is -2.50. The number of benzene rings is 2. The van der Waals surface area contributed by atoms with Crippen LogP contribution in [0.15, 0.2) is 36.4 Å². The van der Waals surface area contributed by atoms with Crippen molar-refractivity contribution >= 4 is 11.9 Å². The largest absolute Gasteiger partial charge is 0.480 e. The second-order valence-electron chi connectivity index (χ2n) is 9.94. The zero-order chi connectivity index (χ0) is 29.3. The Bertz CT molecular complexity index is 1180. The molecule has 0 bridgehead atoms. The molecule has 2 aromatic carbocycles. The number of aryl methyl sites for hydroxylation is 1. The number of piperidine rings is 1. The Morgan fingerprint density at radius 2 is 1.64 bits per heavy atom. The topological polar surface area (TPSA) is 60.9 Å². The van der Waals surface area contributed by atoms with Crippen LogP contribution in [0.25, 0.3) is 0 Å². The molecule has 1 saturated heterocycles. The van der Waals surface area contributed by atoms with Crippen molar-refractivity contribution in [2.75, 3.05) is 26.7 Å². The van der Waals surface area contributed by atoms with Gasteiger partial charge in [-0.2, -0.15) is 26.3 Å². The number of halogens is 7. The summed E-state index contributed by atoms with van der Waals surface area (Å²) < 4.78 is 93.0. The molecule has 0 spiro atoms. The molecule has 0 radical (unpaired) electrons. The molecule has 0 aromatic heterocycles. The van der Waals surface area contributed by atoms with Gasteiger partial charge in [-0.15, -0.1) is 0 Å². The molecule has 1 aliphatic rings. The van der Waals surface area contributed by atoms with E-state index in [2.05, 4.69) is 0 Å². The molecule has 1 fully saturated rings. The van der Waals surface area contributed by atoms with Crippen molar-refractivity contribution < 1.29 is 45.4 Å². The maximum Gasteiger partial charge on any atom is 0.416 e. The molecule has 1 aliphatic heterocycles. The second kappa shape index (κ2) is 11.5. The summed E-state index contributed by atoms with van der Waals surface area (Å²) >= 11 is 0. The quantitative estimate of drug-likeness (QED) is 0.437. The van der Waals surface area contributed by atoms with Crippen molar-refractivity contribution in [1.82, 2.24) is 9.80 Å². The number of hydrogen-bond donors (Lipinski definition) is 1. The summed E-state index contributed by atoms with van der Waals surface area (Å²) in [6, 6.07) is 4.62. The third kappa shape index (κ3) is 7.28. The number of aliphatic carboxylic acids is 1. The maximum absolute atomic E-state index is 13.8. The first-order chi connectivity index (χ1) is 18.0. The fraction of sp³-hybridized carbons (Fsp3) is 0.481. The lowest BCUT2D eigenvalue weighted by Gasteiger charge is -2.41. The van der Waals surface area contributed by atoms with E-state index in [4.69, 9.17) is 0 Å². The highest BCUT2D eigenvalue weighted by molar-refractivity contribution is 5.80. The zero-order valence-electron chi connectivity index (χ0n) is 21.5. The van der Waals surface area contributed by atoms with Crippen molar-refractivity contribution in [2.24, 2.45) is 5.92 Å². The Kier molecular flexibility index (Phi) is 8.99. The summed E-state index contributed by atoms with van der Waals surface area (Å²) in [5.74, 6) is -3.03. The number of amides is 1.